The van der Waals surface area contributed by atoms with E-state index in [0.717, 1.165) is 30.4 Å². The minimum absolute atomic E-state index is 0. The van der Waals surface area contributed by atoms with E-state index in [-0.39, 0.29) is 30.7 Å². The van der Waals surface area contributed by atoms with Gasteiger partial charge in [0.2, 0.25) is 5.88 Å². The van der Waals surface area contributed by atoms with Crippen molar-refractivity contribution in [2.75, 3.05) is 20.1 Å². The summed E-state index contributed by atoms with van der Waals surface area (Å²) in [6.07, 6.45) is 3.56. The molecule has 1 aliphatic rings. The lowest BCUT2D eigenvalue weighted by atomic mass is 10.0. The average molecular weight is 463 g/mol. The van der Waals surface area contributed by atoms with Gasteiger partial charge in [0.1, 0.15) is 5.75 Å². The van der Waals surface area contributed by atoms with Crippen LogP contribution in [0.15, 0.2) is 47.1 Å². The Morgan fingerprint density at radius 2 is 1.81 bits per heavy atom. The van der Waals surface area contributed by atoms with E-state index in [1.54, 1.807) is 18.3 Å². The molecule has 142 valence electrons. The Kier molecular flexibility index (Phi) is 9.36. The predicted octanol–water partition coefficient (Wildman–Crippen LogP) is 4.30. The van der Waals surface area contributed by atoms with E-state index in [9.17, 15) is 4.79 Å². The number of benzene rings is 1. The van der Waals surface area contributed by atoms with Crippen molar-refractivity contribution >= 4 is 46.7 Å². The highest BCUT2D eigenvalue weighted by atomic mass is 79.9. The number of amides is 1. The number of ether oxygens (including phenoxy) is 1. The number of carbonyl (C=O) groups excluding carboxylic acids is 1. The van der Waals surface area contributed by atoms with Crippen molar-refractivity contribution in [1.29, 1.82) is 0 Å². The van der Waals surface area contributed by atoms with Crippen LogP contribution in [0.1, 0.15) is 23.2 Å². The van der Waals surface area contributed by atoms with Gasteiger partial charge in [-0.15, -0.1) is 24.8 Å². The Bertz CT molecular complexity index is 691. The molecule has 2 heterocycles. The number of halogens is 3. The first kappa shape index (κ1) is 22.7. The fourth-order valence-electron chi connectivity index (χ4n) is 2.74. The van der Waals surface area contributed by atoms with E-state index in [4.69, 9.17) is 4.74 Å². The number of pyridine rings is 1. The number of nitrogens with zero attached hydrogens (tertiary/aromatic N) is 2. The van der Waals surface area contributed by atoms with Gasteiger partial charge in [-0.3, -0.25) is 4.79 Å². The zero-order chi connectivity index (χ0) is 16.9. The zero-order valence-electron chi connectivity index (χ0n) is 14.4. The van der Waals surface area contributed by atoms with Crippen LogP contribution in [-0.2, 0) is 0 Å². The molecule has 0 unspecified atom stereocenters. The largest absolute Gasteiger partial charge is 0.439 e. The molecule has 1 fully saturated rings. The third-order valence-corrected chi connectivity index (χ3v) is 4.74. The summed E-state index contributed by atoms with van der Waals surface area (Å²) in [6, 6.07) is 11.5. The Morgan fingerprint density at radius 3 is 2.35 bits per heavy atom. The number of likely N-dealkylation sites (tertiary alicyclic amines) is 1. The number of hydrogen-bond donors (Lipinski definition) is 1. The quantitative estimate of drug-likeness (QED) is 0.735. The molecule has 1 aliphatic heterocycles. The van der Waals surface area contributed by atoms with E-state index in [1.165, 1.54) is 0 Å². The summed E-state index contributed by atoms with van der Waals surface area (Å²) < 4.78 is 6.67. The highest BCUT2D eigenvalue weighted by Gasteiger charge is 2.22. The summed E-state index contributed by atoms with van der Waals surface area (Å²) in [5, 5.41) is 3.27. The molecule has 0 atom stereocenters. The van der Waals surface area contributed by atoms with E-state index in [0.29, 0.717) is 23.2 Å². The van der Waals surface area contributed by atoms with Gasteiger partial charge < -0.3 is 15.0 Å². The number of rotatable bonds is 4. The summed E-state index contributed by atoms with van der Waals surface area (Å²) in [5.74, 6) is 1.22. The Hall–Kier alpha value is -1.34. The lowest BCUT2D eigenvalue weighted by Crippen LogP contribution is -2.43. The van der Waals surface area contributed by atoms with Crippen molar-refractivity contribution < 1.29 is 9.53 Å². The summed E-state index contributed by atoms with van der Waals surface area (Å²) in [5.41, 5.74) is 0.598. The third kappa shape index (κ3) is 5.84. The van der Waals surface area contributed by atoms with Crippen LogP contribution in [0.25, 0.3) is 0 Å². The first-order valence-electron chi connectivity index (χ1n) is 8.02. The first-order chi connectivity index (χ1) is 11.7. The molecule has 5 nitrogen and oxygen atoms in total. The normalized spacial score (nSPS) is 14.2. The van der Waals surface area contributed by atoms with Crippen LogP contribution in [0.4, 0.5) is 0 Å². The fourth-order valence-corrected chi connectivity index (χ4v) is 3.01. The van der Waals surface area contributed by atoms with Gasteiger partial charge in [-0.25, -0.2) is 4.98 Å². The summed E-state index contributed by atoms with van der Waals surface area (Å²) in [6.45, 7) is 1.56. The second kappa shape index (κ2) is 10.7. The van der Waals surface area contributed by atoms with Crippen LogP contribution >= 0.6 is 40.7 Å². The molecule has 0 aliphatic carbocycles. The predicted molar refractivity (Wildman–Crippen MR) is 111 cm³/mol. The van der Waals surface area contributed by atoms with Crippen LogP contribution in [0.3, 0.4) is 0 Å². The Labute approximate surface area is 174 Å². The van der Waals surface area contributed by atoms with E-state index in [1.807, 2.05) is 36.2 Å². The van der Waals surface area contributed by atoms with E-state index >= 15 is 0 Å². The zero-order valence-corrected chi connectivity index (χ0v) is 17.6. The van der Waals surface area contributed by atoms with Crippen LogP contribution < -0.4 is 10.1 Å². The molecular formula is C18H22BrCl2N3O2. The van der Waals surface area contributed by atoms with Gasteiger partial charge in [0.05, 0.1) is 5.56 Å². The molecule has 8 heteroatoms. The maximum atomic E-state index is 12.5. The van der Waals surface area contributed by atoms with E-state index in [2.05, 4.69) is 26.2 Å². The fraction of sp³-hybridized carbons (Fsp3) is 0.333. The van der Waals surface area contributed by atoms with Gasteiger partial charge >= 0.3 is 0 Å². The highest BCUT2D eigenvalue weighted by molar-refractivity contribution is 9.10. The second-order valence-corrected chi connectivity index (χ2v) is 6.71. The van der Waals surface area contributed by atoms with Gasteiger partial charge in [-0.05, 0) is 50.2 Å². The lowest BCUT2D eigenvalue weighted by Gasteiger charge is -2.31. The lowest BCUT2D eigenvalue weighted by molar-refractivity contribution is 0.0707. The molecule has 26 heavy (non-hydrogen) atoms. The van der Waals surface area contributed by atoms with Crippen LogP contribution in [0.5, 0.6) is 11.6 Å². The highest BCUT2D eigenvalue weighted by Crippen LogP contribution is 2.22. The Balaban J connectivity index is 0.00000169. The molecule has 3 rings (SSSR count). The molecule has 0 bridgehead atoms. The van der Waals surface area contributed by atoms with Crippen molar-refractivity contribution in [3.63, 3.8) is 0 Å². The van der Waals surface area contributed by atoms with Gasteiger partial charge in [0.15, 0.2) is 0 Å². The molecule has 1 amide bonds. The number of hydrogen-bond acceptors (Lipinski definition) is 4. The van der Waals surface area contributed by atoms with Crippen molar-refractivity contribution in [1.82, 2.24) is 15.2 Å². The van der Waals surface area contributed by atoms with E-state index < -0.39 is 0 Å². The monoisotopic (exact) mass is 461 g/mol. The maximum absolute atomic E-state index is 12.5. The number of carbonyl (C=O) groups is 1. The second-order valence-electron chi connectivity index (χ2n) is 5.80. The molecule has 0 radical (unpaired) electrons. The molecule has 0 spiro atoms. The molecule has 1 aromatic carbocycles. The van der Waals surface area contributed by atoms with Crippen LogP contribution in [0.2, 0.25) is 0 Å². The topological polar surface area (TPSA) is 54.5 Å². The van der Waals surface area contributed by atoms with Crippen LogP contribution in [0, 0.1) is 0 Å². The van der Waals surface area contributed by atoms with Crippen molar-refractivity contribution in [3.8, 4) is 11.6 Å². The number of aromatic nitrogens is 1. The van der Waals surface area contributed by atoms with Crippen LogP contribution in [-0.4, -0.2) is 42.0 Å². The molecular weight excluding hydrogens is 441 g/mol. The number of piperidine rings is 1. The maximum Gasteiger partial charge on any atom is 0.255 e. The molecule has 1 N–H and O–H groups in total. The van der Waals surface area contributed by atoms with Gasteiger partial charge in [-0.2, -0.15) is 0 Å². The van der Waals surface area contributed by atoms with Gasteiger partial charge in [0.25, 0.3) is 5.91 Å². The smallest absolute Gasteiger partial charge is 0.255 e. The summed E-state index contributed by atoms with van der Waals surface area (Å²) >= 11 is 3.39. The minimum atomic E-state index is 0. The number of nitrogens with one attached hydrogen (secondary N) is 1. The van der Waals surface area contributed by atoms with Crippen molar-refractivity contribution in [2.24, 2.45) is 0 Å². The molecule has 2 aromatic rings. The van der Waals surface area contributed by atoms with Crippen molar-refractivity contribution in [2.45, 2.75) is 18.9 Å². The third-order valence-electron chi connectivity index (χ3n) is 4.21. The SMILES string of the molecule is CNC1CCN(C(=O)c2ccc(Oc3ccc(Br)cc3)nc2)CC1.Cl.Cl. The first-order valence-corrected chi connectivity index (χ1v) is 8.81. The van der Waals surface area contributed by atoms with Gasteiger partial charge in [0, 0.05) is 35.9 Å². The minimum Gasteiger partial charge on any atom is -0.439 e. The molecule has 1 aromatic heterocycles. The van der Waals surface area contributed by atoms with Crippen molar-refractivity contribution in [3.05, 3.63) is 52.6 Å². The molecule has 0 saturated carbocycles. The average Bonchev–Trinajstić information content (AvgIpc) is 2.64. The summed E-state index contributed by atoms with van der Waals surface area (Å²) in [7, 11) is 1.97. The summed E-state index contributed by atoms with van der Waals surface area (Å²) in [4.78, 5) is 18.7. The van der Waals surface area contributed by atoms with Gasteiger partial charge in [-0.1, -0.05) is 15.9 Å². The Morgan fingerprint density at radius 1 is 1.15 bits per heavy atom. The standard InChI is InChI=1S/C18H20BrN3O2.2ClH/c1-20-15-8-10-22(11-9-15)18(23)13-2-7-17(21-12-13)24-16-5-3-14(19)4-6-16;;/h2-7,12,15,20H,8-11H2,1H3;2*1H. The molecule has 1 saturated heterocycles.